The number of halogens is 1. The number of nitrogens with two attached hydrogens (primary N) is 1. The van der Waals surface area contributed by atoms with Gasteiger partial charge in [0.2, 0.25) is 0 Å². The average Bonchev–Trinajstić information content (AvgIpc) is 2.94. The molecule has 1 aliphatic carbocycles. The first kappa shape index (κ1) is 14.9. The van der Waals surface area contributed by atoms with E-state index in [9.17, 15) is 9.50 Å². The van der Waals surface area contributed by atoms with Crippen molar-refractivity contribution in [2.75, 3.05) is 13.2 Å². The van der Waals surface area contributed by atoms with E-state index >= 15 is 0 Å². The van der Waals surface area contributed by atoms with Crippen LogP contribution in [0.4, 0.5) is 4.39 Å². The first-order chi connectivity index (χ1) is 9.63. The van der Waals surface area contributed by atoms with Gasteiger partial charge < -0.3 is 10.8 Å². The van der Waals surface area contributed by atoms with E-state index in [-0.39, 0.29) is 18.0 Å². The molecule has 0 unspecified atom stereocenters. The standard InChI is InChI=1S/C15H22FN3O/c16-14-11(4-3-7-13(14)15(17)18)10-19(8-9-20)12-5-1-2-6-12/h3-4,7,12,20H,1-2,5-6,8-10H2,(H3,17,18). The van der Waals surface area contributed by atoms with Crippen LogP contribution in [0.5, 0.6) is 0 Å². The number of nitrogens with one attached hydrogen (secondary N) is 1. The van der Waals surface area contributed by atoms with Gasteiger partial charge in [-0.15, -0.1) is 0 Å². The van der Waals surface area contributed by atoms with E-state index in [1.807, 2.05) is 0 Å². The number of hydrogen-bond donors (Lipinski definition) is 3. The first-order valence-electron chi connectivity index (χ1n) is 7.10. The van der Waals surface area contributed by atoms with Crippen LogP contribution >= 0.6 is 0 Å². The zero-order chi connectivity index (χ0) is 14.5. The Morgan fingerprint density at radius 3 is 2.70 bits per heavy atom. The number of rotatable bonds is 6. The fraction of sp³-hybridized carbons (Fsp3) is 0.533. The fourth-order valence-electron chi connectivity index (χ4n) is 2.92. The molecule has 110 valence electrons. The number of aliphatic hydroxyl groups excluding tert-OH is 1. The topological polar surface area (TPSA) is 73.3 Å². The van der Waals surface area contributed by atoms with E-state index in [1.165, 1.54) is 18.9 Å². The summed E-state index contributed by atoms with van der Waals surface area (Å²) in [5.74, 6) is -0.667. The third-order valence-corrected chi connectivity index (χ3v) is 3.97. The highest BCUT2D eigenvalue weighted by atomic mass is 19.1. The number of amidine groups is 1. The minimum absolute atomic E-state index is 0.0739. The molecule has 5 heteroatoms. The minimum atomic E-state index is -0.416. The maximum atomic E-state index is 14.3. The summed E-state index contributed by atoms with van der Waals surface area (Å²) in [5.41, 5.74) is 6.08. The molecule has 0 heterocycles. The Morgan fingerprint density at radius 2 is 2.10 bits per heavy atom. The molecule has 2 rings (SSSR count). The van der Waals surface area contributed by atoms with Gasteiger partial charge in [-0.05, 0) is 18.9 Å². The molecule has 1 aromatic rings. The van der Waals surface area contributed by atoms with Crippen molar-refractivity contribution in [1.82, 2.24) is 4.90 Å². The second kappa shape index (κ2) is 6.81. The van der Waals surface area contributed by atoms with Crippen LogP contribution in [0.1, 0.15) is 36.8 Å². The largest absolute Gasteiger partial charge is 0.395 e. The quantitative estimate of drug-likeness (QED) is 0.549. The number of nitrogen functional groups attached to an aromatic ring is 1. The lowest BCUT2D eigenvalue weighted by atomic mass is 10.1. The van der Waals surface area contributed by atoms with E-state index in [0.717, 1.165) is 12.8 Å². The van der Waals surface area contributed by atoms with Crippen LogP contribution in [0.25, 0.3) is 0 Å². The molecule has 20 heavy (non-hydrogen) atoms. The highest BCUT2D eigenvalue weighted by molar-refractivity contribution is 5.95. The highest BCUT2D eigenvalue weighted by Gasteiger charge is 2.23. The van der Waals surface area contributed by atoms with Crippen molar-refractivity contribution in [1.29, 1.82) is 5.41 Å². The molecule has 0 aliphatic heterocycles. The normalized spacial score (nSPS) is 15.9. The SMILES string of the molecule is N=C(N)c1cccc(CN(CCO)C2CCCC2)c1F. The molecule has 0 spiro atoms. The second-order valence-corrected chi connectivity index (χ2v) is 5.32. The van der Waals surface area contributed by atoms with Gasteiger partial charge in [-0.2, -0.15) is 0 Å². The number of benzene rings is 1. The van der Waals surface area contributed by atoms with Gasteiger partial charge in [0, 0.05) is 24.7 Å². The van der Waals surface area contributed by atoms with Crippen molar-refractivity contribution < 1.29 is 9.50 Å². The van der Waals surface area contributed by atoms with Crippen LogP contribution in [0, 0.1) is 11.2 Å². The van der Waals surface area contributed by atoms with E-state index in [1.54, 1.807) is 12.1 Å². The Labute approximate surface area is 118 Å². The smallest absolute Gasteiger partial charge is 0.138 e. The molecule has 1 aromatic carbocycles. The van der Waals surface area contributed by atoms with Crippen LogP contribution in [-0.4, -0.2) is 35.0 Å². The third-order valence-electron chi connectivity index (χ3n) is 3.97. The molecule has 0 atom stereocenters. The van der Waals surface area contributed by atoms with Gasteiger partial charge in [0.1, 0.15) is 11.7 Å². The van der Waals surface area contributed by atoms with Crippen LogP contribution in [-0.2, 0) is 6.54 Å². The van der Waals surface area contributed by atoms with Gasteiger partial charge in [-0.3, -0.25) is 10.3 Å². The lowest BCUT2D eigenvalue weighted by Gasteiger charge is -2.28. The Kier molecular flexibility index (Phi) is 5.09. The first-order valence-corrected chi connectivity index (χ1v) is 7.10. The minimum Gasteiger partial charge on any atom is -0.395 e. The molecule has 0 bridgehead atoms. The monoisotopic (exact) mass is 279 g/mol. The molecule has 0 saturated heterocycles. The predicted octanol–water partition coefficient (Wildman–Crippen LogP) is 1.85. The van der Waals surface area contributed by atoms with Gasteiger partial charge >= 0.3 is 0 Å². The van der Waals surface area contributed by atoms with Crippen molar-refractivity contribution in [3.63, 3.8) is 0 Å². The van der Waals surface area contributed by atoms with Gasteiger partial charge in [0.25, 0.3) is 0 Å². The summed E-state index contributed by atoms with van der Waals surface area (Å²) in [4.78, 5) is 2.13. The fourth-order valence-corrected chi connectivity index (χ4v) is 2.92. The molecule has 0 radical (unpaired) electrons. The third kappa shape index (κ3) is 3.35. The second-order valence-electron chi connectivity index (χ2n) is 5.32. The lowest BCUT2D eigenvalue weighted by molar-refractivity contribution is 0.143. The number of nitrogens with zero attached hydrogens (tertiary/aromatic N) is 1. The summed E-state index contributed by atoms with van der Waals surface area (Å²) in [6.45, 7) is 1.08. The zero-order valence-corrected chi connectivity index (χ0v) is 11.6. The van der Waals surface area contributed by atoms with E-state index in [4.69, 9.17) is 11.1 Å². The summed E-state index contributed by atoms with van der Waals surface area (Å²) >= 11 is 0. The molecule has 0 amide bonds. The summed E-state index contributed by atoms with van der Waals surface area (Å²) in [6.07, 6.45) is 4.60. The van der Waals surface area contributed by atoms with Gasteiger partial charge in [-0.1, -0.05) is 25.0 Å². The van der Waals surface area contributed by atoms with Crippen LogP contribution < -0.4 is 5.73 Å². The summed E-state index contributed by atoms with van der Waals surface area (Å²) in [6, 6.07) is 5.39. The van der Waals surface area contributed by atoms with Crippen molar-refractivity contribution >= 4 is 5.84 Å². The van der Waals surface area contributed by atoms with Crippen LogP contribution in [0.3, 0.4) is 0 Å². The summed E-state index contributed by atoms with van der Waals surface area (Å²) in [5, 5.41) is 16.6. The Balaban J connectivity index is 2.17. The van der Waals surface area contributed by atoms with E-state index in [2.05, 4.69) is 4.90 Å². The highest BCUT2D eigenvalue weighted by Crippen LogP contribution is 2.25. The molecular formula is C15H22FN3O. The zero-order valence-electron chi connectivity index (χ0n) is 11.6. The van der Waals surface area contributed by atoms with Crippen molar-refractivity contribution in [2.24, 2.45) is 5.73 Å². The van der Waals surface area contributed by atoms with Gasteiger partial charge in [0.15, 0.2) is 0 Å². The van der Waals surface area contributed by atoms with E-state index in [0.29, 0.717) is 24.7 Å². The summed E-state index contributed by atoms with van der Waals surface area (Å²) in [7, 11) is 0. The Bertz CT molecular complexity index is 472. The molecule has 1 fully saturated rings. The average molecular weight is 279 g/mol. The Hall–Kier alpha value is -1.46. The Morgan fingerprint density at radius 1 is 1.40 bits per heavy atom. The lowest BCUT2D eigenvalue weighted by Crippen LogP contribution is -2.35. The van der Waals surface area contributed by atoms with Crippen LogP contribution in [0.15, 0.2) is 18.2 Å². The van der Waals surface area contributed by atoms with Crippen molar-refractivity contribution in [2.45, 2.75) is 38.3 Å². The molecule has 4 N–H and O–H groups in total. The molecule has 0 aromatic heterocycles. The molecule has 4 nitrogen and oxygen atoms in total. The number of aliphatic hydroxyl groups is 1. The number of hydrogen-bond acceptors (Lipinski definition) is 3. The van der Waals surface area contributed by atoms with E-state index < -0.39 is 5.82 Å². The maximum absolute atomic E-state index is 14.3. The van der Waals surface area contributed by atoms with Crippen LogP contribution in [0.2, 0.25) is 0 Å². The van der Waals surface area contributed by atoms with Crippen molar-refractivity contribution in [3.8, 4) is 0 Å². The maximum Gasteiger partial charge on any atom is 0.138 e. The summed E-state index contributed by atoms with van der Waals surface area (Å²) < 4.78 is 14.3. The van der Waals surface area contributed by atoms with Crippen molar-refractivity contribution in [3.05, 3.63) is 35.1 Å². The predicted molar refractivity (Wildman–Crippen MR) is 77.2 cm³/mol. The van der Waals surface area contributed by atoms with Gasteiger partial charge in [0.05, 0.1) is 12.2 Å². The molecular weight excluding hydrogens is 257 g/mol. The molecule has 1 saturated carbocycles. The molecule has 1 aliphatic rings. The van der Waals surface area contributed by atoms with Gasteiger partial charge in [-0.25, -0.2) is 4.39 Å².